The van der Waals surface area contributed by atoms with Crippen molar-refractivity contribution in [2.45, 2.75) is 13.3 Å². The molecule has 0 spiro atoms. The van der Waals surface area contributed by atoms with Gasteiger partial charge in [-0.15, -0.1) is 0 Å². The SMILES string of the molecule is Cc1ccnc(NC(=S)NCCCNc2ccnc3cc(Cl)ccc23)c1. The molecule has 0 unspecified atom stereocenters. The molecule has 2 heterocycles. The largest absolute Gasteiger partial charge is 0.384 e. The summed E-state index contributed by atoms with van der Waals surface area (Å²) in [6.07, 6.45) is 4.46. The second-order valence-electron chi connectivity index (χ2n) is 5.90. The molecule has 0 aliphatic carbocycles. The van der Waals surface area contributed by atoms with Gasteiger partial charge in [0.2, 0.25) is 0 Å². The lowest BCUT2D eigenvalue weighted by Crippen LogP contribution is -2.30. The van der Waals surface area contributed by atoms with Crippen molar-refractivity contribution in [3.05, 3.63) is 59.4 Å². The molecule has 0 aliphatic rings. The molecule has 134 valence electrons. The van der Waals surface area contributed by atoms with E-state index in [1.54, 1.807) is 12.4 Å². The normalized spacial score (nSPS) is 10.5. The molecule has 2 aromatic heterocycles. The number of aromatic nitrogens is 2. The Morgan fingerprint density at radius 3 is 2.77 bits per heavy atom. The summed E-state index contributed by atoms with van der Waals surface area (Å²) in [6, 6.07) is 11.6. The minimum atomic E-state index is 0.576. The highest BCUT2D eigenvalue weighted by Crippen LogP contribution is 2.24. The van der Waals surface area contributed by atoms with Crippen molar-refractivity contribution in [3.63, 3.8) is 0 Å². The summed E-state index contributed by atoms with van der Waals surface area (Å²) in [5.41, 5.74) is 3.08. The Morgan fingerprint density at radius 2 is 1.92 bits per heavy atom. The van der Waals surface area contributed by atoms with Crippen LogP contribution in [0, 0.1) is 6.92 Å². The van der Waals surface area contributed by atoms with Gasteiger partial charge >= 0.3 is 0 Å². The van der Waals surface area contributed by atoms with Gasteiger partial charge in [0, 0.05) is 41.6 Å². The Hall–Kier alpha value is -2.44. The highest BCUT2D eigenvalue weighted by Gasteiger charge is 2.03. The molecule has 0 bridgehead atoms. The van der Waals surface area contributed by atoms with Gasteiger partial charge in [0.25, 0.3) is 0 Å². The number of aryl methyl sites for hydroxylation is 1. The summed E-state index contributed by atoms with van der Waals surface area (Å²) in [5, 5.41) is 12.0. The zero-order valence-corrected chi connectivity index (χ0v) is 16.0. The number of nitrogens with one attached hydrogen (secondary N) is 3. The van der Waals surface area contributed by atoms with Crippen LogP contribution in [0.3, 0.4) is 0 Å². The van der Waals surface area contributed by atoms with Crippen LogP contribution in [0.15, 0.2) is 48.8 Å². The van der Waals surface area contributed by atoms with Crippen molar-refractivity contribution in [2.75, 3.05) is 23.7 Å². The van der Waals surface area contributed by atoms with Gasteiger partial charge in [-0.1, -0.05) is 11.6 Å². The molecule has 3 aromatic rings. The van der Waals surface area contributed by atoms with E-state index < -0.39 is 0 Å². The number of halogens is 1. The van der Waals surface area contributed by atoms with Gasteiger partial charge < -0.3 is 16.0 Å². The Kier molecular flexibility index (Phi) is 6.20. The van der Waals surface area contributed by atoms with Crippen molar-refractivity contribution >= 4 is 51.3 Å². The third-order valence-corrected chi connectivity index (χ3v) is 4.30. The first kappa shape index (κ1) is 18.4. The van der Waals surface area contributed by atoms with Gasteiger partial charge in [0.05, 0.1) is 5.52 Å². The third kappa shape index (κ3) is 5.03. The molecule has 0 fully saturated rings. The zero-order valence-electron chi connectivity index (χ0n) is 14.4. The molecule has 0 aliphatic heterocycles. The fourth-order valence-electron chi connectivity index (χ4n) is 2.55. The van der Waals surface area contributed by atoms with Crippen molar-refractivity contribution in [3.8, 4) is 0 Å². The number of nitrogens with zero attached hydrogens (tertiary/aromatic N) is 2. The molecule has 0 saturated carbocycles. The Balaban J connectivity index is 1.44. The molecule has 5 nitrogen and oxygen atoms in total. The fraction of sp³-hybridized carbons (Fsp3) is 0.211. The molecular formula is C19H20ClN5S. The number of hydrogen-bond acceptors (Lipinski definition) is 4. The number of thiocarbonyl (C=S) groups is 1. The standard InChI is InChI=1S/C19H20ClN5S/c1-13-5-9-23-18(11-13)25-19(26)24-8-2-7-21-16-6-10-22-17-12-14(20)3-4-15(16)17/h3-6,9-12H,2,7-8H2,1H3,(H,21,22)(H2,23,24,25,26). The minimum Gasteiger partial charge on any atom is -0.384 e. The summed E-state index contributed by atoms with van der Waals surface area (Å²) in [5.74, 6) is 0.752. The van der Waals surface area contributed by atoms with E-state index in [2.05, 4.69) is 25.9 Å². The molecule has 3 rings (SSSR count). The number of pyridine rings is 2. The van der Waals surface area contributed by atoms with Crippen LogP contribution in [0.2, 0.25) is 5.02 Å². The quantitative estimate of drug-likeness (QED) is 0.432. The van der Waals surface area contributed by atoms with Gasteiger partial charge in [0.1, 0.15) is 5.82 Å². The molecule has 0 radical (unpaired) electrons. The van der Waals surface area contributed by atoms with Gasteiger partial charge in [-0.2, -0.15) is 0 Å². The van der Waals surface area contributed by atoms with Crippen LogP contribution in [0.4, 0.5) is 11.5 Å². The van der Waals surface area contributed by atoms with Crippen molar-refractivity contribution in [1.29, 1.82) is 0 Å². The van der Waals surface area contributed by atoms with E-state index >= 15 is 0 Å². The summed E-state index contributed by atoms with van der Waals surface area (Å²) in [7, 11) is 0. The summed E-state index contributed by atoms with van der Waals surface area (Å²) in [6.45, 7) is 3.60. The smallest absolute Gasteiger partial charge is 0.171 e. The lowest BCUT2D eigenvalue weighted by molar-refractivity contribution is 0.809. The number of hydrogen-bond donors (Lipinski definition) is 3. The lowest BCUT2D eigenvalue weighted by Gasteiger charge is -2.12. The van der Waals surface area contributed by atoms with Gasteiger partial charge in [-0.05, 0) is 67.5 Å². The minimum absolute atomic E-state index is 0.576. The van der Waals surface area contributed by atoms with E-state index in [9.17, 15) is 0 Å². The van der Waals surface area contributed by atoms with E-state index in [1.807, 2.05) is 43.3 Å². The van der Waals surface area contributed by atoms with Crippen LogP contribution >= 0.6 is 23.8 Å². The number of anilines is 2. The van der Waals surface area contributed by atoms with Crippen molar-refractivity contribution in [1.82, 2.24) is 15.3 Å². The Labute approximate surface area is 163 Å². The first-order valence-corrected chi connectivity index (χ1v) is 9.16. The topological polar surface area (TPSA) is 61.9 Å². The van der Waals surface area contributed by atoms with Crippen molar-refractivity contribution in [2.24, 2.45) is 0 Å². The van der Waals surface area contributed by atoms with Crippen LogP contribution in [0.1, 0.15) is 12.0 Å². The second-order valence-corrected chi connectivity index (χ2v) is 6.74. The van der Waals surface area contributed by atoms with E-state index in [-0.39, 0.29) is 0 Å². The maximum atomic E-state index is 6.02. The van der Waals surface area contributed by atoms with E-state index in [1.165, 1.54) is 0 Å². The maximum Gasteiger partial charge on any atom is 0.171 e. The highest BCUT2D eigenvalue weighted by atomic mass is 35.5. The fourth-order valence-corrected chi connectivity index (χ4v) is 2.93. The van der Waals surface area contributed by atoms with Crippen LogP contribution in [-0.2, 0) is 0 Å². The number of fused-ring (bicyclic) bond motifs is 1. The molecule has 0 atom stereocenters. The summed E-state index contributed by atoms with van der Waals surface area (Å²) in [4.78, 5) is 8.58. The number of rotatable bonds is 6. The van der Waals surface area contributed by atoms with Gasteiger partial charge in [0.15, 0.2) is 5.11 Å². The Bertz CT molecular complexity index is 915. The average molecular weight is 386 g/mol. The summed E-state index contributed by atoms with van der Waals surface area (Å²) < 4.78 is 0. The molecule has 1 aromatic carbocycles. The van der Waals surface area contributed by atoms with Crippen LogP contribution in [0.25, 0.3) is 10.9 Å². The predicted octanol–water partition coefficient (Wildman–Crippen LogP) is 4.38. The lowest BCUT2D eigenvalue weighted by atomic mass is 10.2. The zero-order chi connectivity index (χ0) is 18.4. The first-order chi connectivity index (χ1) is 12.6. The first-order valence-electron chi connectivity index (χ1n) is 8.37. The molecule has 0 saturated heterocycles. The van der Waals surface area contributed by atoms with Gasteiger partial charge in [-0.25, -0.2) is 4.98 Å². The molecule has 0 amide bonds. The van der Waals surface area contributed by atoms with Crippen molar-refractivity contribution < 1.29 is 0 Å². The second kappa shape index (κ2) is 8.78. The Morgan fingerprint density at radius 1 is 1.08 bits per heavy atom. The maximum absolute atomic E-state index is 6.02. The van der Waals surface area contributed by atoms with E-state index in [0.29, 0.717) is 10.1 Å². The summed E-state index contributed by atoms with van der Waals surface area (Å²) >= 11 is 11.3. The molecule has 26 heavy (non-hydrogen) atoms. The average Bonchev–Trinajstić information content (AvgIpc) is 2.61. The van der Waals surface area contributed by atoms with Crippen LogP contribution in [-0.4, -0.2) is 28.2 Å². The van der Waals surface area contributed by atoms with Crippen LogP contribution < -0.4 is 16.0 Å². The molecule has 7 heteroatoms. The molecular weight excluding hydrogens is 366 g/mol. The number of benzene rings is 1. The predicted molar refractivity (Wildman–Crippen MR) is 113 cm³/mol. The van der Waals surface area contributed by atoms with E-state index in [0.717, 1.165) is 47.5 Å². The van der Waals surface area contributed by atoms with E-state index in [4.69, 9.17) is 23.8 Å². The third-order valence-electron chi connectivity index (χ3n) is 3.82. The van der Waals surface area contributed by atoms with Crippen LogP contribution in [0.5, 0.6) is 0 Å². The highest BCUT2D eigenvalue weighted by molar-refractivity contribution is 7.80. The van der Waals surface area contributed by atoms with Gasteiger partial charge in [-0.3, -0.25) is 4.98 Å². The monoisotopic (exact) mass is 385 g/mol. The molecule has 3 N–H and O–H groups in total.